The molecule has 14 heavy (non-hydrogen) atoms. The van der Waals surface area contributed by atoms with E-state index in [9.17, 15) is 0 Å². The number of hydrogen-bond donors (Lipinski definition) is 0. The molecule has 0 aliphatic rings. The summed E-state index contributed by atoms with van der Waals surface area (Å²) >= 11 is 5.57. The van der Waals surface area contributed by atoms with Crippen LogP contribution in [-0.4, -0.2) is 12.4 Å². The molecule has 0 fully saturated rings. The van der Waals surface area contributed by atoms with Gasteiger partial charge in [0, 0.05) is 5.88 Å². The van der Waals surface area contributed by atoms with E-state index in [4.69, 9.17) is 11.6 Å². The van der Waals surface area contributed by atoms with Crippen LogP contribution in [0.4, 0.5) is 0 Å². The minimum atomic E-state index is 0. The van der Waals surface area contributed by atoms with Crippen molar-refractivity contribution in [1.82, 2.24) is 0 Å². The van der Waals surface area contributed by atoms with Crippen LogP contribution in [0.1, 0.15) is 24.9 Å². The molecule has 0 N–H and O–H groups in total. The Hall–Kier alpha value is 0.0674. The number of benzene rings is 1. The number of nitrogens with zero attached hydrogens (tertiary/aromatic N) is 1. The summed E-state index contributed by atoms with van der Waals surface area (Å²) in [6.07, 6.45) is 0.971. The molecule has 1 aromatic rings. The molecule has 0 amide bonds. The zero-order chi connectivity index (χ0) is 9.52. The first kappa shape index (κ1) is 14.1. The largest absolute Gasteiger partial charge is 1.00 e. The third kappa shape index (κ3) is 5.07. The Morgan fingerprint density at radius 2 is 1.93 bits per heavy atom. The number of alkyl halides is 1. The fraction of sp³-hybridized carbons (Fsp3) is 0.455. The molecule has 0 unspecified atom stereocenters. The molecule has 1 rings (SSSR count). The van der Waals surface area contributed by atoms with E-state index in [1.807, 2.05) is 18.2 Å². The smallest absolute Gasteiger partial charge is 0.656 e. The Labute approximate surface area is 103 Å². The molecule has 1 nitrogen and oxygen atoms in total. The van der Waals surface area contributed by atoms with Crippen molar-refractivity contribution in [3.05, 3.63) is 41.2 Å². The van der Waals surface area contributed by atoms with Gasteiger partial charge in [-0.15, -0.1) is 24.2 Å². The van der Waals surface area contributed by atoms with E-state index in [0.717, 1.165) is 13.0 Å². The van der Waals surface area contributed by atoms with Crippen LogP contribution in [0, 0.1) is 0 Å². The molecular formula is C11H15ClLiN. The van der Waals surface area contributed by atoms with Gasteiger partial charge in [-0.05, 0) is 0 Å². The molecule has 0 spiro atoms. The maximum absolute atomic E-state index is 5.57. The van der Waals surface area contributed by atoms with Crippen LogP contribution < -0.4 is 18.9 Å². The molecule has 0 aliphatic carbocycles. The van der Waals surface area contributed by atoms with E-state index >= 15 is 0 Å². The fourth-order valence-electron chi connectivity index (χ4n) is 1.18. The zero-order valence-electron chi connectivity index (χ0n) is 8.91. The van der Waals surface area contributed by atoms with E-state index in [0.29, 0.717) is 11.9 Å². The van der Waals surface area contributed by atoms with Crippen LogP contribution in [-0.2, 0) is 0 Å². The topological polar surface area (TPSA) is 14.1 Å². The Bertz CT molecular complexity index is 228. The predicted octanol–water partition coefficient (Wildman–Crippen LogP) is 0.754. The molecule has 0 saturated carbocycles. The Morgan fingerprint density at radius 3 is 2.50 bits per heavy atom. The van der Waals surface area contributed by atoms with Gasteiger partial charge in [0.1, 0.15) is 0 Å². The van der Waals surface area contributed by atoms with Gasteiger partial charge in [-0.1, -0.05) is 49.2 Å². The summed E-state index contributed by atoms with van der Waals surface area (Å²) in [4.78, 5) is 0. The number of hydrogen-bond acceptors (Lipinski definition) is 0. The van der Waals surface area contributed by atoms with Crippen molar-refractivity contribution in [1.29, 1.82) is 0 Å². The van der Waals surface area contributed by atoms with Crippen LogP contribution in [0.5, 0.6) is 0 Å². The van der Waals surface area contributed by atoms with E-state index in [1.54, 1.807) is 0 Å². The average molecular weight is 204 g/mol. The molecule has 0 aromatic heterocycles. The Morgan fingerprint density at radius 1 is 1.29 bits per heavy atom. The van der Waals surface area contributed by atoms with Gasteiger partial charge in [-0.2, -0.15) is 0 Å². The summed E-state index contributed by atoms with van der Waals surface area (Å²) in [7, 11) is 0. The minimum absolute atomic E-state index is 0. The van der Waals surface area contributed by atoms with Crippen molar-refractivity contribution in [2.45, 2.75) is 19.4 Å². The summed E-state index contributed by atoms with van der Waals surface area (Å²) < 4.78 is 0. The summed E-state index contributed by atoms with van der Waals surface area (Å²) in [6, 6.07) is 10.6. The molecule has 1 aromatic carbocycles. The van der Waals surface area contributed by atoms with Gasteiger partial charge in [0.2, 0.25) is 0 Å². The fourth-order valence-corrected chi connectivity index (χ4v) is 1.30. The SMILES string of the molecule is C[C@@H]([N-]CCCCl)c1ccccc1.[Li+]. The van der Waals surface area contributed by atoms with Crippen molar-refractivity contribution >= 4 is 11.6 Å². The van der Waals surface area contributed by atoms with Crippen molar-refractivity contribution < 1.29 is 18.9 Å². The van der Waals surface area contributed by atoms with Crippen molar-refractivity contribution in [2.24, 2.45) is 0 Å². The second-order valence-electron chi connectivity index (χ2n) is 3.04. The molecule has 0 radical (unpaired) electrons. The monoisotopic (exact) mass is 203 g/mol. The Balaban J connectivity index is 0.00000169. The summed E-state index contributed by atoms with van der Waals surface area (Å²) in [6.45, 7) is 2.98. The molecule has 0 saturated heterocycles. The third-order valence-electron chi connectivity index (χ3n) is 1.98. The first-order valence-electron chi connectivity index (χ1n) is 4.62. The van der Waals surface area contributed by atoms with Crippen molar-refractivity contribution in [3.8, 4) is 0 Å². The summed E-state index contributed by atoms with van der Waals surface area (Å²) in [5.41, 5.74) is 1.28. The first-order valence-corrected chi connectivity index (χ1v) is 5.15. The van der Waals surface area contributed by atoms with Gasteiger partial charge >= 0.3 is 18.9 Å². The summed E-state index contributed by atoms with van der Waals surface area (Å²) in [5.74, 6) is 0.699. The first-order chi connectivity index (χ1) is 6.34. The molecule has 3 heteroatoms. The standard InChI is InChI=1S/C11H15ClN.Li/c1-10(13-9-5-8-12)11-6-3-2-4-7-11;/h2-4,6-7,10H,5,8-9H2,1H3;/q-1;+1/t10-;/m1./s1. The van der Waals surface area contributed by atoms with Gasteiger partial charge < -0.3 is 5.32 Å². The number of rotatable bonds is 5. The molecule has 72 valence electrons. The van der Waals surface area contributed by atoms with Crippen LogP contribution in [0.3, 0.4) is 0 Å². The molecule has 0 bridgehead atoms. The van der Waals surface area contributed by atoms with E-state index < -0.39 is 0 Å². The van der Waals surface area contributed by atoms with E-state index in [1.165, 1.54) is 5.56 Å². The third-order valence-corrected chi connectivity index (χ3v) is 2.24. The predicted molar refractivity (Wildman–Crippen MR) is 58.4 cm³/mol. The number of halogens is 1. The van der Waals surface area contributed by atoms with Gasteiger partial charge in [0.25, 0.3) is 0 Å². The minimum Gasteiger partial charge on any atom is -0.656 e. The van der Waals surface area contributed by atoms with Gasteiger partial charge in [0.15, 0.2) is 0 Å². The van der Waals surface area contributed by atoms with Crippen LogP contribution >= 0.6 is 11.6 Å². The van der Waals surface area contributed by atoms with Crippen molar-refractivity contribution in [3.63, 3.8) is 0 Å². The van der Waals surface area contributed by atoms with Gasteiger partial charge in [-0.25, -0.2) is 0 Å². The molecule has 0 aliphatic heterocycles. The second kappa shape index (κ2) is 8.38. The zero-order valence-corrected chi connectivity index (χ0v) is 9.67. The van der Waals surface area contributed by atoms with Crippen LogP contribution in [0.2, 0.25) is 0 Å². The van der Waals surface area contributed by atoms with Crippen LogP contribution in [0.15, 0.2) is 30.3 Å². The molecular weight excluding hydrogens is 189 g/mol. The average Bonchev–Trinajstić information content (AvgIpc) is 2.19. The summed E-state index contributed by atoms with van der Waals surface area (Å²) in [5, 5.41) is 4.50. The van der Waals surface area contributed by atoms with Crippen molar-refractivity contribution in [2.75, 3.05) is 12.4 Å². The normalized spacial score (nSPS) is 11.9. The quantitative estimate of drug-likeness (QED) is 0.381. The second-order valence-corrected chi connectivity index (χ2v) is 3.41. The van der Waals surface area contributed by atoms with E-state index in [-0.39, 0.29) is 18.9 Å². The van der Waals surface area contributed by atoms with Crippen LogP contribution in [0.25, 0.3) is 5.32 Å². The van der Waals surface area contributed by atoms with E-state index in [2.05, 4.69) is 24.4 Å². The maximum Gasteiger partial charge on any atom is 1.00 e. The maximum atomic E-state index is 5.57. The Kier molecular flexibility index (Phi) is 8.42. The van der Waals surface area contributed by atoms with Gasteiger partial charge in [-0.3, -0.25) is 0 Å². The molecule has 0 heterocycles. The van der Waals surface area contributed by atoms with Gasteiger partial charge in [0.05, 0.1) is 0 Å². The molecule has 1 atom stereocenters.